The Morgan fingerprint density at radius 1 is 1.35 bits per heavy atom. The van der Waals surface area contributed by atoms with E-state index in [-0.39, 0.29) is 17.7 Å². The van der Waals surface area contributed by atoms with Crippen LogP contribution in [0.1, 0.15) is 12.7 Å². The molecule has 7 heteroatoms. The first-order valence-electron chi connectivity index (χ1n) is 8.05. The molecule has 3 rings (SSSR count). The lowest BCUT2D eigenvalue weighted by atomic mass is 10.2. The highest BCUT2D eigenvalue weighted by atomic mass is 32.2. The van der Waals surface area contributed by atoms with E-state index in [1.807, 2.05) is 54.8 Å². The third kappa shape index (κ3) is 3.65. The molecule has 0 aliphatic carbocycles. The van der Waals surface area contributed by atoms with E-state index in [1.54, 1.807) is 6.26 Å². The third-order valence-electron chi connectivity index (χ3n) is 3.76. The predicted molar refractivity (Wildman–Crippen MR) is 101 cm³/mol. The number of aryl methyl sites for hydroxylation is 1. The standard InChI is InChI=1S/C19H18N4O2S/c1-4-11-20-18(24)14(3)26-19-22-21-17(16-10-12-25-13(16)2)23(19)15-8-6-5-7-9-15/h1,5-10,12,14H,11H2,2-3H3,(H,20,24). The summed E-state index contributed by atoms with van der Waals surface area (Å²) in [6.07, 6.45) is 6.82. The highest BCUT2D eigenvalue weighted by Crippen LogP contribution is 2.31. The van der Waals surface area contributed by atoms with Crippen molar-refractivity contribution in [1.29, 1.82) is 0 Å². The maximum Gasteiger partial charge on any atom is 0.234 e. The topological polar surface area (TPSA) is 73.0 Å². The number of terminal acetylenes is 1. The SMILES string of the molecule is C#CCNC(=O)C(C)Sc1nnc(-c2ccoc2C)n1-c1ccccc1. The van der Waals surface area contributed by atoms with E-state index in [0.717, 1.165) is 17.0 Å². The van der Waals surface area contributed by atoms with Gasteiger partial charge in [-0.1, -0.05) is 35.9 Å². The highest BCUT2D eigenvalue weighted by molar-refractivity contribution is 8.00. The number of carbonyl (C=O) groups is 1. The molecule has 0 fully saturated rings. The number of hydrogen-bond donors (Lipinski definition) is 1. The van der Waals surface area contributed by atoms with Crippen molar-refractivity contribution in [3.63, 3.8) is 0 Å². The molecule has 0 aliphatic heterocycles. The van der Waals surface area contributed by atoms with Crippen LogP contribution in [0, 0.1) is 19.3 Å². The second-order valence-electron chi connectivity index (χ2n) is 5.55. The quantitative estimate of drug-likeness (QED) is 0.536. The Labute approximate surface area is 156 Å². The number of carbonyl (C=O) groups excluding carboxylic acids is 1. The third-order valence-corrected chi connectivity index (χ3v) is 4.81. The van der Waals surface area contributed by atoms with Crippen molar-refractivity contribution in [2.45, 2.75) is 24.3 Å². The minimum Gasteiger partial charge on any atom is -0.469 e. The Bertz CT molecular complexity index is 940. The molecule has 26 heavy (non-hydrogen) atoms. The number of aromatic nitrogens is 3. The molecule has 1 amide bonds. The van der Waals surface area contributed by atoms with Crippen molar-refractivity contribution in [3.8, 4) is 29.4 Å². The molecule has 1 unspecified atom stereocenters. The van der Waals surface area contributed by atoms with Crippen LogP contribution < -0.4 is 5.32 Å². The van der Waals surface area contributed by atoms with Crippen LogP contribution in [-0.2, 0) is 4.79 Å². The van der Waals surface area contributed by atoms with Gasteiger partial charge in [-0.15, -0.1) is 16.6 Å². The van der Waals surface area contributed by atoms with Crippen LogP contribution in [0.4, 0.5) is 0 Å². The van der Waals surface area contributed by atoms with Gasteiger partial charge in [-0.05, 0) is 32.0 Å². The van der Waals surface area contributed by atoms with Crippen molar-refractivity contribution < 1.29 is 9.21 Å². The summed E-state index contributed by atoms with van der Waals surface area (Å²) in [7, 11) is 0. The minimum absolute atomic E-state index is 0.142. The average molecular weight is 366 g/mol. The Balaban J connectivity index is 1.99. The molecule has 0 saturated heterocycles. The lowest BCUT2D eigenvalue weighted by molar-refractivity contribution is -0.120. The normalized spacial score (nSPS) is 11.7. The van der Waals surface area contributed by atoms with Gasteiger partial charge in [0, 0.05) is 5.69 Å². The van der Waals surface area contributed by atoms with Crippen LogP contribution in [0.3, 0.4) is 0 Å². The Kier molecular flexibility index (Phi) is 5.44. The number of benzene rings is 1. The second-order valence-corrected chi connectivity index (χ2v) is 6.86. The van der Waals surface area contributed by atoms with Crippen molar-refractivity contribution in [2.24, 2.45) is 0 Å². The summed E-state index contributed by atoms with van der Waals surface area (Å²) < 4.78 is 7.34. The van der Waals surface area contributed by atoms with E-state index in [1.165, 1.54) is 11.8 Å². The fourth-order valence-corrected chi connectivity index (χ4v) is 3.33. The Hall–Kier alpha value is -2.98. The number of rotatable bonds is 6. The summed E-state index contributed by atoms with van der Waals surface area (Å²) >= 11 is 1.33. The summed E-state index contributed by atoms with van der Waals surface area (Å²) in [4.78, 5) is 12.1. The van der Waals surface area contributed by atoms with Gasteiger partial charge >= 0.3 is 0 Å². The van der Waals surface area contributed by atoms with Crippen molar-refractivity contribution in [1.82, 2.24) is 20.1 Å². The van der Waals surface area contributed by atoms with Crippen molar-refractivity contribution in [3.05, 3.63) is 48.4 Å². The van der Waals surface area contributed by atoms with Gasteiger partial charge in [0.1, 0.15) is 5.76 Å². The monoisotopic (exact) mass is 366 g/mol. The van der Waals surface area contributed by atoms with E-state index in [4.69, 9.17) is 10.8 Å². The molecule has 0 bridgehead atoms. The van der Waals surface area contributed by atoms with Gasteiger partial charge in [-0.2, -0.15) is 0 Å². The van der Waals surface area contributed by atoms with E-state index < -0.39 is 0 Å². The highest BCUT2D eigenvalue weighted by Gasteiger charge is 2.22. The van der Waals surface area contributed by atoms with Gasteiger partial charge < -0.3 is 9.73 Å². The van der Waals surface area contributed by atoms with Gasteiger partial charge in [0.25, 0.3) is 0 Å². The molecule has 1 aromatic carbocycles. The Morgan fingerprint density at radius 2 is 2.12 bits per heavy atom. The number of thioether (sulfide) groups is 1. The van der Waals surface area contributed by atoms with Crippen LogP contribution in [0.25, 0.3) is 17.1 Å². The van der Waals surface area contributed by atoms with E-state index >= 15 is 0 Å². The summed E-state index contributed by atoms with van der Waals surface area (Å²) in [6.45, 7) is 3.89. The molecule has 2 aromatic heterocycles. The molecule has 2 heterocycles. The zero-order valence-electron chi connectivity index (χ0n) is 14.5. The van der Waals surface area contributed by atoms with Gasteiger partial charge in [0.2, 0.25) is 5.91 Å². The number of amides is 1. The summed E-state index contributed by atoms with van der Waals surface area (Å²) in [5.74, 6) is 3.68. The fraction of sp³-hybridized carbons (Fsp3) is 0.211. The molecule has 0 spiro atoms. The van der Waals surface area contributed by atoms with Crippen LogP contribution in [0.2, 0.25) is 0 Å². The molecule has 1 atom stereocenters. The summed E-state index contributed by atoms with van der Waals surface area (Å²) in [5.41, 5.74) is 1.77. The summed E-state index contributed by atoms with van der Waals surface area (Å²) in [5, 5.41) is 11.6. The molecular formula is C19H18N4O2S. The molecule has 0 aliphatic rings. The zero-order valence-corrected chi connectivity index (χ0v) is 15.3. The molecule has 6 nitrogen and oxygen atoms in total. The maximum atomic E-state index is 12.1. The predicted octanol–water partition coefficient (Wildman–Crippen LogP) is 3.07. The van der Waals surface area contributed by atoms with E-state index in [0.29, 0.717) is 11.0 Å². The largest absolute Gasteiger partial charge is 0.469 e. The van der Waals surface area contributed by atoms with Crippen LogP contribution in [0.15, 0.2) is 52.2 Å². The maximum absolute atomic E-state index is 12.1. The lowest BCUT2D eigenvalue weighted by Crippen LogP contribution is -2.31. The molecule has 132 valence electrons. The molecule has 0 radical (unpaired) electrons. The Morgan fingerprint density at radius 3 is 2.77 bits per heavy atom. The van der Waals surface area contributed by atoms with E-state index in [9.17, 15) is 4.79 Å². The number of nitrogens with one attached hydrogen (secondary N) is 1. The van der Waals surface area contributed by atoms with Crippen molar-refractivity contribution >= 4 is 17.7 Å². The number of nitrogens with zero attached hydrogens (tertiary/aromatic N) is 3. The van der Waals surface area contributed by atoms with Gasteiger partial charge in [-0.25, -0.2) is 0 Å². The number of para-hydroxylation sites is 1. The van der Waals surface area contributed by atoms with Gasteiger partial charge in [0.15, 0.2) is 11.0 Å². The lowest BCUT2D eigenvalue weighted by Gasteiger charge is -2.13. The first-order valence-corrected chi connectivity index (χ1v) is 8.93. The fourth-order valence-electron chi connectivity index (χ4n) is 2.44. The minimum atomic E-state index is -0.367. The number of furan rings is 1. The second kappa shape index (κ2) is 7.93. The molecule has 1 N–H and O–H groups in total. The molecule has 0 saturated carbocycles. The van der Waals surface area contributed by atoms with Crippen molar-refractivity contribution in [2.75, 3.05) is 6.54 Å². The smallest absolute Gasteiger partial charge is 0.234 e. The van der Waals surface area contributed by atoms with Gasteiger partial charge in [0.05, 0.1) is 23.6 Å². The first kappa shape index (κ1) is 17.8. The van der Waals surface area contributed by atoms with Gasteiger partial charge in [-0.3, -0.25) is 9.36 Å². The molecule has 3 aromatic rings. The molecular weight excluding hydrogens is 348 g/mol. The van der Waals surface area contributed by atoms with Crippen LogP contribution >= 0.6 is 11.8 Å². The van der Waals surface area contributed by atoms with E-state index in [2.05, 4.69) is 21.4 Å². The van der Waals surface area contributed by atoms with Crippen LogP contribution in [-0.4, -0.2) is 32.5 Å². The first-order chi connectivity index (χ1) is 12.6. The average Bonchev–Trinajstić information content (AvgIpc) is 3.26. The number of hydrogen-bond acceptors (Lipinski definition) is 5. The van der Waals surface area contributed by atoms with Crippen LogP contribution in [0.5, 0.6) is 0 Å². The zero-order chi connectivity index (χ0) is 18.5. The summed E-state index contributed by atoms with van der Waals surface area (Å²) in [6, 6.07) is 11.6.